The summed E-state index contributed by atoms with van der Waals surface area (Å²) < 4.78 is 5.85. The van der Waals surface area contributed by atoms with Gasteiger partial charge in [-0.25, -0.2) is 0 Å². The number of anilines is 1. The maximum atomic E-state index is 13.1. The highest BCUT2D eigenvalue weighted by Gasteiger charge is 2.42. The van der Waals surface area contributed by atoms with Crippen molar-refractivity contribution in [3.8, 4) is 0 Å². The Hall–Kier alpha value is -1.85. The maximum absolute atomic E-state index is 13.1. The fraction of sp³-hybridized carbons (Fsp3) is 0.333. The molecule has 1 aliphatic heterocycles. The third-order valence-corrected chi connectivity index (χ3v) is 6.14. The smallest absolute Gasteiger partial charge is 0.258 e. The molecule has 0 aromatic heterocycles. The number of ether oxygens (including phenoxy) is 1. The lowest BCUT2D eigenvalue weighted by molar-refractivity contribution is 0.0987. The van der Waals surface area contributed by atoms with Crippen molar-refractivity contribution in [2.45, 2.75) is 31.4 Å². The average Bonchev–Trinajstić information content (AvgIpc) is 3.02. The Bertz CT molecular complexity index is 805. The number of hydrogen-bond donors (Lipinski definition) is 0. The molecule has 0 spiro atoms. The van der Waals surface area contributed by atoms with Crippen LogP contribution in [0.2, 0.25) is 0 Å². The molecule has 1 unspecified atom stereocenters. The Morgan fingerprint density at radius 2 is 1.85 bits per heavy atom. The van der Waals surface area contributed by atoms with Crippen LogP contribution in [-0.2, 0) is 4.74 Å². The van der Waals surface area contributed by atoms with Crippen LogP contribution >= 0.6 is 24.0 Å². The van der Waals surface area contributed by atoms with Crippen molar-refractivity contribution in [3.05, 3.63) is 65.7 Å². The number of carbonyl (C=O) groups excluding carboxylic acids is 1. The quantitative estimate of drug-likeness (QED) is 0.671. The number of para-hydroxylation sites is 1. The Morgan fingerprint density at radius 3 is 2.54 bits per heavy atom. The van der Waals surface area contributed by atoms with Crippen LogP contribution in [0.15, 0.2) is 54.6 Å². The van der Waals surface area contributed by atoms with E-state index < -0.39 is 0 Å². The molecule has 1 amide bonds. The summed E-state index contributed by atoms with van der Waals surface area (Å²) in [5.74, 6) is 0.212. The van der Waals surface area contributed by atoms with E-state index in [9.17, 15) is 4.79 Å². The average molecular weight is 386 g/mol. The van der Waals surface area contributed by atoms with Crippen LogP contribution in [0.5, 0.6) is 0 Å². The van der Waals surface area contributed by atoms with Gasteiger partial charge in [-0.2, -0.15) is 0 Å². The molecule has 1 atom stereocenters. The Balaban J connectivity index is 1.91. The van der Waals surface area contributed by atoms with E-state index in [1.807, 2.05) is 60.4 Å². The molecule has 0 saturated carbocycles. The predicted octanol–water partition coefficient (Wildman–Crippen LogP) is 5.26. The van der Waals surface area contributed by atoms with E-state index in [1.165, 1.54) is 5.56 Å². The summed E-state index contributed by atoms with van der Waals surface area (Å²) in [6.07, 6.45) is 0. The lowest BCUT2D eigenvalue weighted by Crippen LogP contribution is -2.35. The first-order valence-electron chi connectivity index (χ1n) is 8.75. The van der Waals surface area contributed by atoms with Gasteiger partial charge >= 0.3 is 0 Å². The highest BCUT2D eigenvalue weighted by molar-refractivity contribution is 8.23. The fourth-order valence-corrected chi connectivity index (χ4v) is 5.08. The molecule has 136 valence electrons. The molecule has 1 heterocycles. The van der Waals surface area contributed by atoms with Crippen molar-refractivity contribution in [3.63, 3.8) is 0 Å². The van der Waals surface area contributed by atoms with Crippen molar-refractivity contribution < 1.29 is 9.53 Å². The Kier molecular flexibility index (Phi) is 5.68. The number of fused-ring (bicyclic) bond motifs is 1. The van der Waals surface area contributed by atoms with Crippen molar-refractivity contribution >= 4 is 40.0 Å². The van der Waals surface area contributed by atoms with E-state index >= 15 is 0 Å². The van der Waals surface area contributed by atoms with E-state index in [0.717, 1.165) is 5.69 Å². The molecular formula is C21H23NO2S2. The third-order valence-electron chi connectivity index (χ3n) is 4.68. The van der Waals surface area contributed by atoms with Crippen molar-refractivity contribution in [2.75, 3.05) is 18.1 Å². The molecule has 0 radical (unpaired) electrons. The van der Waals surface area contributed by atoms with Gasteiger partial charge in [-0.1, -0.05) is 48.2 Å². The molecule has 2 aromatic carbocycles. The summed E-state index contributed by atoms with van der Waals surface area (Å²) in [5.41, 5.74) is 2.88. The number of benzene rings is 2. The SMILES string of the molecule is CCOC(=S)SC(C)(C)C1CN(C(=O)c2ccccc2)c2ccccc21. The van der Waals surface area contributed by atoms with Gasteiger partial charge in [0.25, 0.3) is 5.91 Å². The van der Waals surface area contributed by atoms with E-state index in [-0.39, 0.29) is 16.6 Å². The third kappa shape index (κ3) is 3.79. The first kappa shape index (κ1) is 18.9. The van der Waals surface area contributed by atoms with Gasteiger partial charge in [0.1, 0.15) is 0 Å². The van der Waals surface area contributed by atoms with Gasteiger partial charge in [-0.3, -0.25) is 4.79 Å². The van der Waals surface area contributed by atoms with Crippen molar-refractivity contribution in [2.24, 2.45) is 0 Å². The molecule has 1 aliphatic rings. The normalized spacial score (nSPS) is 16.3. The van der Waals surface area contributed by atoms with E-state index in [0.29, 0.717) is 23.1 Å². The number of thiocarbonyl (C=S) groups is 1. The Labute approximate surface area is 164 Å². The van der Waals surface area contributed by atoms with Crippen LogP contribution in [-0.4, -0.2) is 28.2 Å². The van der Waals surface area contributed by atoms with Gasteiger partial charge in [0.15, 0.2) is 0 Å². The van der Waals surface area contributed by atoms with Crippen LogP contribution in [0.25, 0.3) is 0 Å². The molecule has 0 fully saturated rings. The van der Waals surface area contributed by atoms with Crippen molar-refractivity contribution in [1.82, 2.24) is 0 Å². The lowest BCUT2D eigenvalue weighted by atomic mass is 9.89. The second-order valence-corrected chi connectivity index (χ2v) is 9.04. The molecule has 2 aromatic rings. The summed E-state index contributed by atoms with van der Waals surface area (Å²) in [7, 11) is 0. The van der Waals surface area contributed by atoms with Gasteiger partial charge in [0, 0.05) is 28.5 Å². The van der Waals surface area contributed by atoms with Gasteiger partial charge in [0.2, 0.25) is 4.38 Å². The number of hydrogen-bond acceptors (Lipinski definition) is 4. The molecule has 5 heteroatoms. The van der Waals surface area contributed by atoms with Gasteiger partial charge < -0.3 is 9.64 Å². The summed E-state index contributed by atoms with van der Waals surface area (Å²) in [6.45, 7) is 7.48. The van der Waals surface area contributed by atoms with E-state index in [2.05, 4.69) is 19.9 Å². The minimum Gasteiger partial charge on any atom is -0.479 e. The zero-order chi connectivity index (χ0) is 18.7. The fourth-order valence-electron chi connectivity index (χ4n) is 3.36. The lowest BCUT2D eigenvalue weighted by Gasteiger charge is -2.31. The maximum Gasteiger partial charge on any atom is 0.258 e. The molecule has 0 N–H and O–H groups in total. The first-order chi connectivity index (χ1) is 12.4. The van der Waals surface area contributed by atoms with Crippen LogP contribution in [0.4, 0.5) is 5.69 Å². The van der Waals surface area contributed by atoms with Crippen LogP contribution in [0.3, 0.4) is 0 Å². The van der Waals surface area contributed by atoms with Gasteiger partial charge in [-0.15, -0.1) is 0 Å². The summed E-state index contributed by atoms with van der Waals surface area (Å²) in [6, 6.07) is 17.6. The summed E-state index contributed by atoms with van der Waals surface area (Å²) >= 11 is 6.92. The van der Waals surface area contributed by atoms with Crippen LogP contribution in [0, 0.1) is 0 Å². The van der Waals surface area contributed by atoms with E-state index in [4.69, 9.17) is 17.0 Å². The standard InChI is InChI=1S/C21H23NO2S2/c1-4-24-20(25)26-21(2,3)17-14-22(18-13-9-8-12-16(17)18)19(23)15-10-6-5-7-11-15/h5-13,17H,4,14H2,1-3H3. The number of carbonyl (C=O) groups is 1. The second-order valence-electron chi connectivity index (χ2n) is 6.78. The second kappa shape index (κ2) is 7.80. The van der Waals surface area contributed by atoms with Crippen molar-refractivity contribution in [1.29, 1.82) is 0 Å². The number of nitrogens with zero attached hydrogens (tertiary/aromatic N) is 1. The Morgan fingerprint density at radius 1 is 1.19 bits per heavy atom. The van der Waals surface area contributed by atoms with Crippen LogP contribution in [0.1, 0.15) is 42.6 Å². The molecule has 0 aliphatic carbocycles. The first-order valence-corrected chi connectivity index (χ1v) is 9.98. The molecule has 3 rings (SSSR count). The zero-order valence-corrected chi connectivity index (χ0v) is 16.9. The minimum absolute atomic E-state index is 0.0359. The molecule has 3 nitrogen and oxygen atoms in total. The molecular weight excluding hydrogens is 362 g/mol. The van der Waals surface area contributed by atoms with E-state index in [1.54, 1.807) is 11.8 Å². The predicted molar refractivity (Wildman–Crippen MR) is 113 cm³/mol. The highest BCUT2D eigenvalue weighted by Crippen LogP contribution is 2.48. The van der Waals surface area contributed by atoms with Gasteiger partial charge in [-0.05, 0) is 56.8 Å². The number of thioether (sulfide) groups is 1. The largest absolute Gasteiger partial charge is 0.479 e. The monoisotopic (exact) mass is 385 g/mol. The number of amides is 1. The summed E-state index contributed by atoms with van der Waals surface area (Å²) in [5, 5.41) is 0. The highest BCUT2D eigenvalue weighted by atomic mass is 32.2. The molecule has 0 bridgehead atoms. The van der Waals surface area contributed by atoms with Crippen LogP contribution < -0.4 is 4.90 Å². The topological polar surface area (TPSA) is 29.5 Å². The molecule has 26 heavy (non-hydrogen) atoms. The van der Waals surface area contributed by atoms with Gasteiger partial charge in [0.05, 0.1) is 6.61 Å². The summed E-state index contributed by atoms with van der Waals surface area (Å²) in [4.78, 5) is 15.0. The minimum atomic E-state index is -0.186. The molecule has 0 saturated heterocycles. The zero-order valence-electron chi connectivity index (χ0n) is 15.3. The number of rotatable bonds is 4.